The van der Waals surface area contributed by atoms with Crippen LogP contribution in [0.4, 0.5) is 0 Å². The Hall–Kier alpha value is -3.82. The summed E-state index contributed by atoms with van der Waals surface area (Å²) in [5.41, 5.74) is 0.734. The Kier molecular flexibility index (Phi) is 5.77. The van der Waals surface area contributed by atoms with Gasteiger partial charge in [-0.05, 0) is 30.3 Å². The SMILES string of the molecule is C=C/C=C(\C(=C)O)c1nc(-c2cccc(S(=O)(=O)O)c2)nc(-c2ccccc2O)n1. The van der Waals surface area contributed by atoms with Crippen molar-refractivity contribution >= 4 is 15.7 Å². The molecule has 0 aliphatic rings. The number of hydrogen-bond donors (Lipinski definition) is 3. The van der Waals surface area contributed by atoms with Crippen LogP contribution in [0.3, 0.4) is 0 Å². The fraction of sp³-hybridized carbons (Fsp3) is 0. The molecule has 0 saturated carbocycles. The molecular weight excluding hydrogens is 406 g/mol. The van der Waals surface area contributed by atoms with Crippen LogP contribution in [-0.4, -0.2) is 38.1 Å². The average Bonchev–Trinajstić information content (AvgIpc) is 2.71. The average molecular weight is 423 g/mol. The van der Waals surface area contributed by atoms with E-state index in [9.17, 15) is 23.2 Å². The molecule has 0 spiro atoms. The van der Waals surface area contributed by atoms with Crippen molar-refractivity contribution in [2.24, 2.45) is 0 Å². The van der Waals surface area contributed by atoms with Crippen molar-refractivity contribution in [3.8, 4) is 28.5 Å². The van der Waals surface area contributed by atoms with Crippen molar-refractivity contribution in [1.29, 1.82) is 0 Å². The molecule has 0 aliphatic heterocycles. The summed E-state index contributed by atoms with van der Waals surface area (Å²) < 4.78 is 32.3. The summed E-state index contributed by atoms with van der Waals surface area (Å²) in [6.45, 7) is 7.08. The maximum absolute atomic E-state index is 11.5. The van der Waals surface area contributed by atoms with Crippen molar-refractivity contribution in [2.45, 2.75) is 4.90 Å². The monoisotopic (exact) mass is 423 g/mol. The zero-order valence-electron chi connectivity index (χ0n) is 15.6. The highest BCUT2D eigenvalue weighted by atomic mass is 32.2. The lowest BCUT2D eigenvalue weighted by Gasteiger charge is -2.11. The normalized spacial score (nSPS) is 11.8. The lowest BCUT2D eigenvalue weighted by Crippen LogP contribution is -2.05. The Morgan fingerprint density at radius 1 is 1.00 bits per heavy atom. The second-order valence-electron chi connectivity index (χ2n) is 6.09. The Labute approximate surface area is 173 Å². The van der Waals surface area contributed by atoms with Crippen molar-refractivity contribution in [1.82, 2.24) is 15.0 Å². The van der Waals surface area contributed by atoms with E-state index < -0.39 is 10.1 Å². The molecule has 8 nitrogen and oxygen atoms in total. The van der Waals surface area contributed by atoms with E-state index in [1.807, 2.05) is 0 Å². The maximum Gasteiger partial charge on any atom is 0.294 e. The van der Waals surface area contributed by atoms with Gasteiger partial charge in [-0.3, -0.25) is 4.55 Å². The number of benzene rings is 2. The summed E-state index contributed by atoms with van der Waals surface area (Å²) in [5, 5.41) is 20.2. The predicted octanol–water partition coefficient (Wildman–Crippen LogP) is 3.80. The van der Waals surface area contributed by atoms with Crippen molar-refractivity contribution < 1.29 is 23.2 Å². The van der Waals surface area contributed by atoms with Gasteiger partial charge in [0.05, 0.1) is 16.0 Å². The van der Waals surface area contributed by atoms with Crippen LogP contribution in [0, 0.1) is 0 Å². The first-order valence-electron chi connectivity index (χ1n) is 8.54. The largest absolute Gasteiger partial charge is 0.508 e. The number of aliphatic hydroxyl groups is 1. The second-order valence-corrected chi connectivity index (χ2v) is 7.51. The van der Waals surface area contributed by atoms with Gasteiger partial charge in [0.15, 0.2) is 17.5 Å². The Balaban J connectivity index is 2.31. The zero-order chi connectivity index (χ0) is 21.9. The Bertz CT molecular complexity index is 1280. The van der Waals surface area contributed by atoms with E-state index in [1.54, 1.807) is 24.3 Å². The van der Waals surface area contributed by atoms with E-state index in [-0.39, 0.29) is 45.0 Å². The third-order valence-electron chi connectivity index (χ3n) is 4.01. The van der Waals surface area contributed by atoms with Crippen LogP contribution >= 0.6 is 0 Å². The first-order chi connectivity index (χ1) is 14.2. The number of para-hydroxylation sites is 1. The molecule has 0 unspecified atom stereocenters. The van der Waals surface area contributed by atoms with Crippen LogP contribution < -0.4 is 0 Å². The van der Waals surface area contributed by atoms with Crippen LogP contribution in [0.25, 0.3) is 28.3 Å². The summed E-state index contributed by atoms with van der Waals surface area (Å²) >= 11 is 0. The number of rotatable bonds is 6. The number of nitrogens with zero attached hydrogens (tertiary/aromatic N) is 3. The molecule has 3 rings (SSSR count). The molecule has 0 amide bonds. The highest BCUT2D eigenvalue weighted by Crippen LogP contribution is 2.30. The number of allylic oxidation sites excluding steroid dienone is 3. The molecule has 30 heavy (non-hydrogen) atoms. The minimum atomic E-state index is -4.44. The zero-order valence-corrected chi connectivity index (χ0v) is 16.4. The van der Waals surface area contributed by atoms with Crippen LogP contribution in [0.5, 0.6) is 5.75 Å². The van der Waals surface area contributed by atoms with Gasteiger partial charge in [-0.2, -0.15) is 8.42 Å². The van der Waals surface area contributed by atoms with E-state index in [4.69, 9.17) is 0 Å². The molecule has 0 atom stereocenters. The molecule has 152 valence electrons. The number of phenolic OH excluding ortho intramolecular Hbond substituents is 1. The quantitative estimate of drug-likeness (QED) is 0.310. The minimum Gasteiger partial charge on any atom is -0.508 e. The first kappa shape index (κ1) is 20.9. The number of hydrogen-bond acceptors (Lipinski definition) is 7. The van der Waals surface area contributed by atoms with Gasteiger partial charge in [-0.25, -0.2) is 15.0 Å². The van der Waals surface area contributed by atoms with Gasteiger partial charge < -0.3 is 10.2 Å². The van der Waals surface area contributed by atoms with Crippen molar-refractivity contribution in [3.05, 3.63) is 85.4 Å². The first-order valence-corrected chi connectivity index (χ1v) is 9.98. The maximum atomic E-state index is 11.5. The summed E-state index contributed by atoms with van der Waals surface area (Å²) in [6, 6.07) is 11.8. The van der Waals surface area contributed by atoms with Gasteiger partial charge in [0.25, 0.3) is 10.1 Å². The van der Waals surface area contributed by atoms with E-state index in [0.717, 1.165) is 0 Å². The Morgan fingerprint density at radius 2 is 1.70 bits per heavy atom. The molecule has 3 aromatic rings. The standard InChI is InChI=1S/C21H17N3O5S/c1-3-7-16(13(2)25)20-22-19(14-8-6-9-15(12-14)30(27,28)29)23-21(24-20)17-10-4-5-11-18(17)26/h3-12,25-26H,1-2H2,(H,27,28,29)/b16-7+. The molecule has 9 heteroatoms. The molecule has 0 fully saturated rings. The molecule has 1 aromatic heterocycles. The van der Waals surface area contributed by atoms with Crippen LogP contribution in [0.15, 0.2) is 84.5 Å². The van der Waals surface area contributed by atoms with Gasteiger partial charge in [-0.15, -0.1) is 0 Å². The van der Waals surface area contributed by atoms with Crippen LogP contribution in [0.1, 0.15) is 5.82 Å². The van der Waals surface area contributed by atoms with E-state index in [2.05, 4.69) is 28.1 Å². The van der Waals surface area contributed by atoms with Gasteiger partial charge >= 0.3 is 0 Å². The number of aromatic hydroxyl groups is 1. The molecule has 1 heterocycles. The number of phenols is 1. The molecule has 2 aromatic carbocycles. The molecule has 0 radical (unpaired) electrons. The predicted molar refractivity (Wildman–Crippen MR) is 112 cm³/mol. The summed E-state index contributed by atoms with van der Waals surface area (Å²) in [6.07, 6.45) is 2.86. The van der Waals surface area contributed by atoms with Gasteiger partial charge in [0.2, 0.25) is 0 Å². The third-order valence-corrected chi connectivity index (χ3v) is 4.86. The van der Waals surface area contributed by atoms with Crippen LogP contribution in [-0.2, 0) is 10.1 Å². The van der Waals surface area contributed by atoms with Gasteiger partial charge in [-0.1, -0.05) is 43.5 Å². The van der Waals surface area contributed by atoms with E-state index in [1.165, 1.54) is 36.4 Å². The summed E-state index contributed by atoms with van der Waals surface area (Å²) in [5.74, 6) is -0.226. The highest BCUT2D eigenvalue weighted by molar-refractivity contribution is 7.85. The summed E-state index contributed by atoms with van der Waals surface area (Å²) in [7, 11) is -4.44. The minimum absolute atomic E-state index is 0.0305. The van der Waals surface area contributed by atoms with Crippen molar-refractivity contribution in [3.63, 3.8) is 0 Å². The number of aromatic nitrogens is 3. The fourth-order valence-corrected chi connectivity index (χ4v) is 3.15. The lowest BCUT2D eigenvalue weighted by atomic mass is 10.1. The van der Waals surface area contributed by atoms with Gasteiger partial charge in [0.1, 0.15) is 11.5 Å². The fourth-order valence-electron chi connectivity index (χ4n) is 2.62. The van der Waals surface area contributed by atoms with Crippen molar-refractivity contribution in [2.75, 3.05) is 0 Å². The Morgan fingerprint density at radius 3 is 2.33 bits per heavy atom. The lowest BCUT2D eigenvalue weighted by molar-refractivity contribution is 0.440. The molecule has 0 saturated heterocycles. The molecule has 0 bridgehead atoms. The van der Waals surface area contributed by atoms with Gasteiger partial charge in [0, 0.05) is 5.56 Å². The molecule has 0 aliphatic carbocycles. The number of aliphatic hydroxyl groups excluding tert-OH is 1. The second kappa shape index (κ2) is 8.27. The smallest absolute Gasteiger partial charge is 0.294 e. The van der Waals surface area contributed by atoms with E-state index in [0.29, 0.717) is 5.56 Å². The summed E-state index contributed by atoms with van der Waals surface area (Å²) in [4.78, 5) is 12.6. The molecule has 3 N–H and O–H groups in total. The highest BCUT2D eigenvalue weighted by Gasteiger charge is 2.18. The molecular formula is C21H17N3O5S. The third kappa shape index (κ3) is 4.43. The van der Waals surface area contributed by atoms with Crippen LogP contribution in [0.2, 0.25) is 0 Å². The van der Waals surface area contributed by atoms with E-state index >= 15 is 0 Å². The topological polar surface area (TPSA) is 134 Å².